The number of pyridine rings is 1. The van der Waals surface area contributed by atoms with Crippen LogP contribution in [0, 0.1) is 23.0 Å². The van der Waals surface area contributed by atoms with Crippen LogP contribution in [-0.4, -0.2) is 57.6 Å². The van der Waals surface area contributed by atoms with Crippen molar-refractivity contribution in [2.75, 3.05) is 25.5 Å². The summed E-state index contributed by atoms with van der Waals surface area (Å²) < 4.78 is 43.5. The number of aromatic nitrogens is 5. The van der Waals surface area contributed by atoms with Crippen molar-refractivity contribution in [3.05, 3.63) is 112 Å². The molecule has 0 aliphatic rings. The number of rotatable bonds is 13. The largest absolute Gasteiger partial charge is 1.00 e. The number of anilines is 1. The second-order valence-corrected chi connectivity index (χ2v) is 12.5. The van der Waals surface area contributed by atoms with Crippen molar-refractivity contribution in [3.63, 3.8) is 0 Å². The molecule has 3 aromatic heterocycles. The van der Waals surface area contributed by atoms with Gasteiger partial charge in [-0.25, -0.2) is 23.5 Å². The number of carbonyl (C=O) groups is 2. The highest BCUT2D eigenvalue weighted by molar-refractivity contribution is 7.10. The number of nitrogens with zero attached hydrogens (tertiary/aromatic N) is 7. The number of hydrogen-bond donors (Lipinski definition) is 2. The van der Waals surface area contributed by atoms with Crippen LogP contribution in [-0.2, 0) is 33.0 Å². The molecule has 0 fully saturated rings. The molecule has 0 bridgehead atoms. The van der Waals surface area contributed by atoms with Crippen molar-refractivity contribution < 1.29 is 54.5 Å². The molecule has 13 nitrogen and oxygen atoms in total. The van der Waals surface area contributed by atoms with Gasteiger partial charge in [-0.1, -0.05) is 25.1 Å². The third kappa shape index (κ3) is 9.01. The lowest BCUT2D eigenvalue weighted by molar-refractivity contribution is -0.753. The van der Waals surface area contributed by atoms with Crippen molar-refractivity contribution in [2.24, 2.45) is 0 Å². The summed E-state index contributed by atoms with van der Waals surface area (Å²) in [6, 6.07) is 15.1. The third-order valence-electron chi connectivity index (χ3n) is 8.18. The maximum Gasteiger partial charge on any atom is 0.418 e. The number of esters is 1. The lowest BCUT2D eigenvalue weighted by Gasteiger charge is -2.32. The van der Waals surface area contributed by atoms with E-state index in [9.17, 15) is 19.1 Å². The standard InChI is InChI=1S/C35H35F2N8O5S.BrH/c1-22(33-42-30(18-51-33)25-9-7-24(15-38)8-10-25)35(48,28-14-27(36)11-12-29(28)37)19-45-21-44(20-41-45)23(2)50-34(47)43(4)32-26(6-5-13-40-32)17-49-31(46)16-39-3;/h5-14,18,20-23,39,48H,16-17,19H2,1-4H3;1H/q+1;/p-1/t22-,23?,35+;/m0./s1. The fourth-order valence-electron chi connectivity index (χ4n) is 5.25. The molecular weight excluding hydrogens is 762 g/mol. The van der Waals surface area contributed by atoms with Crippen LogP contribution in [0.25, 0.3) is 11.3 Å². The highest BCUT2D eigenvalue weighted by atomic mass is 79.9. The molecule has 0 saturated heterocycles. The molecule has 0 aliphatic carbocycles. The minimum atomic E-state index is -2.04. The monoisotopic (exact) mass is 796 g/mol. The predicted molar refractivity (Wildman–Crippen MR) is 181 cm³/mol. The van der Waals surface area contributed by atoms with Gasteiger partial charge in [0.05, 0.1) is 28.9 Å². The first-order valence-electron chi connectivity index (χ1n) is 15.7. The fourth-order valence-corrected chi connectivity index (χ4v) is 6.22. The van der Waals surface area contributed by atoms with E-state index in [1.54, 1.807) is 62.7 Å². The Bertz CT molecular complexity index is 2060. The number of nitrogens with one attached hydrogen (secondary N) is 1. The Kier molecular flexibility index (Phi) is 13.2. The molecule has 1 amide bonds. The number of likely N-dealkylation sites (N-methyl/N-ethyl adjacent to an activating group) is 1. The Morgan fingerprint density at radius 3 is 2.65 bits per heavy atom. The molecule has 0 radical (unpaired) electrons. The van der Waals surface area contributed by atoms with E-state index in [0.717, 1.165) is 23.8 Å². The van der Waals surface area contributed by atoms with E-state index in [-0.39, 0.29) is 48.1 Å². The van der Waals surface area contributed by atoms with Crippen LogP contribution in [0.4, 0.5) is 19.4 Å². The maximum absolute atomic E-state index is 15.3. The van der Waals surface area contributed by atoms with Crippen molar-refractivity contribution >= 4 is 29.2 Å². The highest BCUT2D eigenvalue weighted by Crippen LogP contribution is 2.41. The van der Waals surface area contributed by atoms with Gasteiger partial charge in [0.1, 0.15) is 36.2 Å². The average Bonchev–Trinajstić information content (AvgIpc) is 3.82. The molecule has 2 N–H and O–H groups in total. The number of amides is 1. The Labute approximate surface area is 312 Å². The zero-order valence-electron chi connectivity index (χ0n) is 28.5. The summed E-state index contributed by atoms with van der Waals surface area (Å²) in [6.45, 7) is 2.85. The molecule has 272 valence electrons. The molecule has 3 heterocycles. The Morgan fingerprint density at radius 2 is 1.94 bits per heavy atom. The van der Waals surface area contributed by atoms with Crippen LogP contribution in [0.5, 0.6) is 0 Å². The number of halogens is 3. The molecule has 2 aromatic carbocycles. The van der Waals surface area contributed by atoms with E-state index in [1.807, 2.05) is 0 Å². The number of nitriles is 1. The molecule has 3 atom stereocenters. The molecule has 0 spiro atoms. The second-order valence-electron chi connectivity index (χ2n) is 11.6. The quantitative estimate of drug-likeness (QED) is 0.132. The Balaban J connectivity index is 0.00000605. The summed E-state index contributed by atoms with van der Waals surface area (Å²) in [5.74, 6) is -2.64. The average molecular weight is 798 g/mol. The SMILES string of the molecule is CNCC(=O)OCc1cccnc1N(C)C(=O)OC(C)[n+]1cnn(C[C@](O)(c2cc(F)ccc2F)[C@@H](C)c2nc(-c3ccc(C#N)cc3)cs2)c1.[Br-]. The van der Waals surface area contributed by atoms with Crippen molar-refractivity contribution in [1.29, 1.82) is 5.26 Å². The van der Waals surface area contributed by atoms with E-state index in [4.69, 9.17) is 19.7 Å². The molecule has 1 unspecified atom stereocenters. The van der Waals surface area contributed by atoms with E-state index >= 15 is 4.39 Å². The number of hydrogen-bond acceptors (Lipinski definition) is 11. The Morgan fingerprint density at radius 1 is 1.19 bits per heavy atom. The summed E-state index contributed by atoms with van der Waals surface area (Å²) in [6.07, 6.45) is 2.65. The predicted octanol–water partition coefficient (Wildman–Crippen LogP) is 1.59. The number of carbonyl (C=O) groups excluding carboxylic acids is 2. The summed E-state index contributed by atoms with van der Waals surface area (Å²) in [5.41, 5.74) is 0.000750. The zero-order chi connectivity index (χ0) is 36.7. The molecule has 17 heteroatoms. The summed E-state index contributed by atoms with van der Waals surface area (Å²) in [5, 5.41) is 30.6. The normalized spacial score (nSPS) is 13.2. The van der Waals surface area contributed by atoms with Crippen LogP contribution < -0.4 is 31.8 Å². The van der Waals surface area contributed by atoms with E-state index in [0.29, 0.717) is 21.8 Å². The second kappa shape index (κ2) is 17.4. The molecule has 0 saturated carbocycles. The van der Waals surface area contributed by atoms with Gasteiger partial charge >= 0.3 is 12.1 Å². The van der Waals surface area contributed by atoms with Gasteiger partial charge in [-0.2, -0.15) is 9.83 Å². The summed E-state index contributed by atoms with van der Waals surface area (Å²) in [7, 11) is 3.08. The number of benzene rings is 2. The number of aliphatic hydroxyl groups is 1. The first-order valence-corrected chi connectivity index (χ1v) is 16.6. The van der Waals surface area contributed by atoms with Gasteiger partial charge in [0.25, 0.3) is 6.33 Å². The minimum absolute atomic E-state index is 0. The fraction of sp³-hybridized carbons (Fsp3) is 0.286. The van der Waals surface area contributed by atoms with Gasteiger partial charge in [-0.15, -0.1) is 16.0 Å². The Hall–Kier alpha value is -5.15. The number of ether oxygens (including phenoxy) is 2. The van der Waals surface area contributed by atoms with E-state index in [2.05, 4.69) is 21.5 Å². The van der Waals surface area contributed by atoms with Gasteiger partial charge < -0.3 is 36.9 Å². The molecule has 5 aromatic rings. The topological polar surface area (TPSA) is 159 Å². The van der Waals surface area contributed by atoms with Crippen LogP contribution >= 0.6 is 11.3 Å². The number of thiazole rings is 1. The summed E-state index contributed by atoms with van der Waals surface area (Å²) in [4.78, 5) is 35.1. The zero-order valence-corrected chi connectivity index (χ0v) is 30.9. The molecule has 0 aliphatic heterocycles. The van der Waals surface area contributed by atoms with Gasteiger partial charge in [0, 0.05) is 53.3 Å². The smallest absolute Gasteiger partial charge is 0.418 e. The van der Waals surface area contributed by atoms with Crippen LogP contribution in [0.2, 0.25) is 0 Å². The summed E-state index contributed by atoms with van der Waals surface area (Å²) >= 11 is 1.25. The lowest BCUT2D eigenvalue weighted by atomic mass is 9.82. The highest BCUT2D eigenvalue weighted by Gasteiger charge is 2.43. The van der Waals surface area contributed by atoms with Gasteiger partial charge in [-0.05, 0) is 43.4 Å². The lowest BCUT2D eigenvalue weighted by Crippen LogP contribution is -3.00. The first kappa shape index (κ1) is 39.6. The van der Waals surface area contributed by atoms with Crippen molar-refractivity contribution in [1.82, 2.24) is 25.1 Å². The maximum atomic E-state index is 15.3. The van der Waals surface area contributed by atoms with Crippen molar-refractivity contribution in [2.45, 2.75) is 44.7 Å². The van der Waals surface area contributed by atoms with Crippen LogP contribution in [0.3, 0.4) is 0 Å². The molecular formula is C35H35BrF2N8O5S. The minimum Gasteiger partial charge on any atom is -1.00 e. The van der Waals surface area contributed by atoms with Gasteiger partial charge in [-0.3, -0.25) is 9.69 Å². The van der Waals surface area contributed by atoms with Gasteiger partial charge in [0.2, 0.25) is 12.6 Å². The molecule has 5 rings (SSSR count). The van der Waals surface area contributed by atoms with Crippen LogP contribution in [0.15, 0.2) is 78.8 Å². The third-order valence-corrected chi connectivity index (χ3v) is 9.20. The van der Waals surface area contributed by atoms with Gasteiger partial charge in [0.15, 0.2) is 0 Å². The van der Waals surface area contributed by atoms with E-state index in [1.165, 1.54) is 51.4 Å². The van der Waals surface area contributed by atoms with Crippen LogP contribution in [0.1, 0.15) is 47.7 Å². The van der Waals surface area contributed by atoms with E-state index < -0.39 is 41.4 Å². The first-order chi connectivity index (χ1) is 24.4. The molecule has 52 heavy (non-hydrogen) atoms. The van der Waals surface area contributed by atoms with Crippen molar-refractivity contribution in [3.8, 4) is 17.3 Å².